The molecule has 0 atom stereocenters. The summed E-state index contributed by atoms with van der Waals surface area (Å²) in [6.07, 6.45) is 0. The second kappa shape index (κ2) is 7.23. The van der Waals surface area contributed by atoms with E-state index in [9.17, 15) is 17.6 Å². The van der Waals surface area contributed by atoms with Crippen molar-refractivity contribution in [3.63, 3.8) is 0 Å². The van der Waals surface area contributed by atoms with Crippen molar-refractivity contribution in [1.29, 1.82) is 0 Å². The molecule has 0 aliphatic rings. The number of nitrogens with one attached hydrogen (secondary N) is 1. The van der Waals surface area contributed by atoms with Gasteiger partial charge in [-0.2, -0.15) is 13.8 Å². The fraction of sp³-hybridized carbons (Fsp3) is 0.0714. The number of hydrogen-bond acceptors (Lipinski definition) is 7. The Labute approximate surface area is 147 Å². The summed E-state index contributed by atoms with van der Waals surface area (Å²) in [5.41, 5.74) is 0.687. The second-order valence-corrected chi connectivity index (χ2v) is 6.71. The van der Waals surface area contributed by atoms with E-state index in [0.29, 0.717) is 28.3 Å². The van der Waals surface area contributed by atoms with Crippen molar-refractivity contribution in [3.8, 4) is 5.75 Å². The third kappa shape index (κ3) is 3.82. The smallest absolute Gasteiger partial charge is 0.252 e. The number of aromatic nitrogens is 3. The van der Waals surface area contributed by atoms with E-state index in [4.69, 9.17) is 4.74 Å². The minimum Gasteiger partial charge on any atom is -0.497 e. The number of hydrogen-bond donors (Lipinski definition) is 1. The molecule has 2 heterocycles. The fourth-order valence-corrected chi connectivity index (χ4v) is 3.50. The van der Waals surface area contributed by atoms with Crippen LogP contribution in [0.15, 0.2) is 33.5 Å². The van der Waals surface area contributed by atoms with E-state index >= 15 is 0 Å². The van der Waals surface area contributed by atoms with Crippen molar-refractivity contribution < 1.29 is 22.3 Å². The highest BCUT2D eigenvalue weighted by atomic mass is 32.2. The van der Waals surface area contributed by atoms with E-state index in [0.717, 1.165) is 11.3 Å². The highest BCUT2D eigenvalue weighted by molar-refractivity contribution is 8.01. The Balaban J connectivity index is 1.78. The third-order valence-corrected chi connectivity index (χ3v) is 4.85. The Bertz CT molecular complexity index is 878. The maximum atomic E-state index is 13.6. The SMILES string of the molecule is COc1ccc(Nc2nnc(Sc3c(F)c(F)nc(F)c3F)s2)cc1. The minimum absolute atomic E-state index is 0.0961. The first-order valence-electron chi connectivity index (χ1n) is 6.60. The van der Waals surface area contributed by atoms with Crippen molar-refractivity contribution in [2.24, 2.45) is 0 Å². The Kier molecular flexibility index (Phi) is 5.04. The molecule has 130 valence electrons. The van der Waals surface area contributed by atoms with E-state index < -0.39 is 28.4 Å². The van der Waals surface area contributed by atoms with Gasteiger partial charge in [0, 0.05) is 5.69 Å². The molecule has 25 heavy (non-hydrogen) atoms. The number of rotatable bonds is 5. The van der Waals surface area contributed by atoms with E-state index in [1.54, 1.807) is 31.4 Å². The lowest BCUT2D eigenvalue weighted by atomic mass is 10.3. The van der Waals surface area contributed by atoms with Crippen LogP contribution in [-0.2, 0) is 0 Å². The number of anilines is 2. The molecule has 11 heteroatoms. The first kappa shape index (κ1) is 17.4. The van der Waals surface area contributed by atoms with E-state index in [2.05, 4.69) is 20.5 Å². The zero-order valence-corrected chi connectivity index (χ0v) is 14.0. The van der Waals surface area contributed by atoms with Crippen LogP contribution >= 0.6 is 23.1 Å². The quantitative estimate of drug-likeness (QED) is 0.517. The first-order chi connectivity index (χ1) is 12.0. The monoisotopic (exact) mass is 388 g/mol. The van der Waals surface area contributed by atoms with Gasteiger partial charge in [0.1, 0.15) is 5.75 Å². The Morgan fingerprint density at radius 1 is 1.00 bits per heavy atom. The van der Waals surface area contributed by atoms with Crippen LogP contribution in [0, 0.1) is 23.5 Å². The Morgan fingerprint density at radius 3 is 2.24 bits per heavy atom. The number of pyridine rings is 1. The predicted molar refractivity (Wildman–Crippen MR) is 84.4 cm³/mol. The van der Waals surface area contributed by atoms with Crippen LogP contribution in [0.3, 0.4) is 0 Å². The molecule has 1 aromatic carbocycles. The minimum atomic E-state index is -1.72. The van der Waals surface area contributed by atoms with Crippen LogP contribution in [0.1, 0.15) is 0 Å². The summed E-state index contributed by atoms with van der Waals surface area (Å²) in [6.45, 7) is 0. The molecule has 0 spiro atoms. The molecular weight excluding hydrogens is 380 g/mol. The van der Waals surface area contributed by atoms with Crippen LogP contribution in [-0.4, -0.2) is 22.3 Å². The summed E-state index contributed by atoms with van der Waals surface area (Å²) in [5.74, 6) is -5.93. The Hall–Kier alpha value is -2.40. The maximum Gasteiger partial charge on any atom is 0.252 e. The topological polar surface area (TPSA) is 59.9 Å². The van der Waals surface area contributed by atoms with Crippen LogP contribution in [0.2, 0.25) is 0 Å². The van der Waals surface area contributed by atoms with Crippen molar-refractivity contribution in [1.82, 2.24) is 15.2 Å². The van der Waals surface area contributed by atoms with E-state index in [1.165, 1.54) is 0 Å². The summed E-state index contributed by atoms with van der Waals surface area (Å²) in [6, 6.07) is 6.93. The molecule has 3 aromatic rings. The molecule has 0 radical (unpaired) electrons. The molecule has 0 fully saturated rings. The van der Waals surface area contributed by atoms with Gasteiger partial charge in [0.05, 0.1) is 12.0 Å². The number of methoxy groups -OCH3 is 1. The first-order valence-corrected chi connectivity index (χ1v) is 8.23. The average Bonchev–Trinajstić information content (AvgIpc) is 3.05. The van der Waals surface area contributed by atoms with Crippen molar-refractivity contribution in [2.45, 2.75) is 9.24 Å². The van der Waals surface area contributed by atoms with Crippen LogP contribution in [0.25, 0.3) is 0 Å². The van der Waals surface area contributed by atoms with Gasteiger partial charge >= 0.3 is 0 Å². The molecule has 0 amide bonds. The number of benzene rings is 1. The molecule has 2 aromatic heterocycles. The Morgan fingerprint density at radius 2 is 1.64 bits per heavy atom. The molecule has 0 bridgehead atoms. The van der Waals surface area contributed by atoms with Gasteiger partial charge in [-0.3, -0.25) is 0 Å². The lowest BCUT2D eigenvalue weighted by Crippen LogP contribution is -2.01. The summed E-state index contributed by atoms with van der Waals surface area (Å²) >= 11 is 1.38. The van der Waals surface area contributed by atoms with Crippen LogP contribution in [0.5, 0.6) is 5.75 Å². The van der Waals surface area contributed by atoms with Crippen molar-refractivity contribution >= 4 is 33.9 Å². The summed E-state index contributed by atoms with van der Waals surface area (Å²) in [4.78, 5) is 1.63. The zero-order chi connectivity index (χ0) is 18.0. The van der Waals surface area contributed by atoms with Gasteiger partial charge in [-0.15, -0.1) is 10.2 Å². The van der Waals surface area contributed by atoms with E-state index in [-0.39, 0.29) is 4.34 Å². The third-order valence-electron chi connectivity index (χ3n) is 2.89. The van der Waals surface area contributed by atoms with Gasteiger partial charge in [0.2, 0.25) is 5.13 Å². The summed E-state index contributed by atoms with van der Waals surface area (Å²) in [7, 11) is 1.54. The molecule has 0 aliphatic heterocycles. The second-order valence-electron chi connectivity index (χ2n) is 4.48. The van der Waals surface area contributed by atoms with Gasteiger partial charge in [0.25, 0.3) is 11.9 Å². The number of ether oxygens (including phenoxy) is 1. The maximum absolute atomic E-state index is 13.6. The van der Waals surface area contributed by atoms with Gasteiger partial charge in [0.15, 0.2) is 16.0 Å². The highest BCUT2D eigenvalue weighted by Crippen LogP contribution is 2.36. The normalized spacial score (nSPS) is 10.8. The van der Waals surface area contributed by atoms with Crippen molar-refractivity contribution in [2.75, 3.05) is 12.4 Å². The molecule has 5 nitrogen and oxygen atoms in total. The molecule has 0 saturated carbocycles. The lowest BCUT2D eigenvalue weighted by Gasteiger charge is -2.03. The van der Waals surface area contributed by atoms with Gasteiger partial charge in [-0.05, 0) is 24.3 Å². The van der Waals surface area contributed by atoms with Crippen molar-refractivity contribution in [3.05, 3.63) is 47.8 Å². The highest BCUT2D eigenvalue weighted by Gasteiger charge is 2.23. The average molecular weight is 388 g/mol. The molecule has 3 rings (SSSR count). The standard InChI is InChI=1S/C14H8F4N4OS2/c1-23-7-4-2-6(3-5-7)19-13-21-22-14(25-13)24-10-8(15)11(17)20-12(18)9(10)16/h2-5H,1H3,(H,19,21). The van der Waals surface area contributed by atoms with Crippen LogP contribution < -0.4 is 10.1 Å². The van der Waals surface area contributed by atoms with Gasteiger partial charge in [-0.25, -0.2) is 8.78 Å². The predicted octanol–water partition coefficient (Wildman–Crippen LogP) is 4.39. The lowest BCUT2D eigenvalue weighted by molar-refractivity contribution is 0.383. The molecule has 0 unspecified atom stereocenters. The van der Waals surface area contributed by atoms with Gasteiger partial charge < -0.3 is 10.1 Å². The molecule has 0 saturated heterocycles. The molecule has 0 aliphatic carbocycles. The van der Waals surface area contributed by atoms with E-state index in [1.807, 2.05) is 0 Å². The molecular formula is C14H8F4N4OS2. The van der Waals surface area contributed by atoms with Gasteiger partial charge in [-0.1, -0.05) is 23.1 Å². The summed E-state index contributed by atoms with van der Waals surface area (Å²) < 4.78 is 58.6. The summed E-state index contributed by atoms with van der Waals surface area (Å²) in [5, 5.41) is 10.8. The molecule has 1 N–H and O–H groups in total. The fourth-order valence-electron chi connectivity index (χ4n) is 1.74. The van der Waals surface area contributed by atoms with Crippen LogP contribution in [0.4, 0.5) is 28.4 Å². The largest absolute Gasteiger partial charge is 0.497 e. The number of halogens is 4. The zero-order valence-electron chi connectivity index (χ0n) is 12.4. The number of nitrogens with zero attached hydrogens (tertiary/aromatic N) is 3.